The third kappa shape index (κ3) is 3.84. The van der Waals surface area contributed by atoms with Crippen LogP contribution in [0.25, 0.3) is 0 Å². The zero-order valence-electron chi connectivity index (χ0n) is 21.5. The fourth-order valence-electron chi connectivity index (χ4n) is 6.28. The van der Waals surface area contributed by atoms with E-state index in [2.05, 4.69) is 0 Å². The van der Waals surface area contributed by atoms with Crippen molar-refractivity contribution in [3.8, 4) is 11.5 Å². The van der Waals surface area contributed by atoms with Gasteiger partial charge in [0.2, 0.25) is 0 Å². The van der Waals surface area contributed by atoms with E-state index in [1.165, 1.54) is 12.1 Å². The minimum Gasteiger partial charge on any atom is -0.507 e. The van der Waals surface area contributed by atoms with Crippen LogP contribution in [0.15, 0.2) is 24.3 Å². The molecule has 2 fully saturated rings. The van der Waals surface area contributed by atoms with Crippen LogP contribution in [0, 0.1) is 0 Å². The van der Waals surface area contributed by atoms with Crippen molar-refractivity contribution in [3.63, 3.8) is 0 Å². The molecule has 0 amide bonds. The molecular weight excluding hydrogens is 510 g/mol. The number of nitrogens with two attached hydrogens (primary N) is 1. The molecule has 2 aromatic carbocycles. The van der Waals surface area contributed by atoms with Crippen LogP contribution in [0.1, 0.15) is 75.8 Å². The average molecular weight is 542 g/mol. The summed E-state index contributed by atoms with van der Waals surface area (Å²) in [4.78, 5) is 27.0. The molecule has 208 valence electrons. The lowest BCUT2D eigenvalue weighted by molar-refractivity contribution is -0.287. The number of hydrogen-bond donors (Lipinski definition) is 5. The number of aliphatic hydroxyl groups excluding tert-OH is 1. The number of benzene rings is 2. The number of ketones is 2. The van der Waals surface area contributed by atoms with E-state index in [9.17, 15) is 30.0 Å². The average Bonchev–Trinajstić information content (AvgIpc) is 3.36. The van der Waals surface area contributed by atoms with Gasteiger partial charge in [-0.2, -0.15) is 0 Å². The Bertz CT molecular complexity index is 1360. The maximum absolute atomic E-state index is 13.5. The largest absolute Gasteiger partial charge is 0.507 e. The number of aliphatic hydroxyl groups is 2. The van der Waals surface area contributed by atoms with E-state index >= 15 is 0 Å². The standard InChI is InChI=1S/C28H31NO10/c1-12-22(30)16(29)9-18(38-12)39-17-11-28(35,27(2)36-7-8-37-27)10-15-19(17)26(34)21-20(25(15)33)23(31)13-5-3-4-6-14(13)24(21)32/h3-6,12,16-18,22,30,33-35H,7-11,29H2,1-2H3/t12-,16-,17-,18-,22+,28-/m0/s1. The predicted octanol–water partition coefficient (Wildman–Crippen LogP) is 1.19. The van der Waals surface area contributed by atoms with Gasteiger partial charge < -0.3 is 45.1 Å². The van der Waals surface area contributed by atoms with E-state index in [0.717, 1.165) is 0 Å². The molecule has 39 heavy (non-hydrogen) atoms. The third-order valence-electron chi connectivity index (χ3n) is 8.52. The number of hydrogen-bond acceptors (Lipinski definition) is 11. The number of carbonyl (C=O) groups is 2. The van der Waals surface area contributed by atoms with Crippen molar-refractivity contribution in [2.75, 3.05) is 13.2 Å². The quantitative estimate of drug-likeness (QED) is 0.301. The fraction of sp³-hybridized carbons (Fsp3) is 0.500. The first-order valence-electron chi connectivity index (χ1n) is 13.0. The Morgan fingerprint density at radius 1 is 1.03 bits per heavy atom. The molecule has 2 aromatic rings. The smallest absolute Gasteiger partial charge is 0.198 e. The number of fused-ring (bicyclic) bond motifs is 3. The van der Waals surface area contributed by atoms with Crippen molar-refractivity contribution in [2.45, 2.75) is 75.1 Å². The van der Waals surface area contributed by atoms with Crippen molar-refractivity contribution in [3.05, 3.63) is 57.6 Å². The SMILES string of the molecule is C[C@@H]1O[C@@H](O[C@H]2C[C@](O)(C3(C)OCCO3)Cc3c(O)c4c(c(O)c32)C(=O)c2ccccc2C4=O)C[C@H](N)[C@@H]1O. The molecule has 6 N–H and O–H groups in total. The van der Waals surface area contributed by atoms with E-state index in [-0.39, 0.29) is 65.9 Å². The molecule has 2 aliphatic carbocycles. The van der Waals surface area contributed by atoms with Gasteiger partial charge in [0.05, 0.1) is 42.7 Å². The van der Waals surface area contributed by atoms with Crippen LogP contribution in [-0.4, -0.2) is 81.1 Å². The summed E-state index contributed by atoms with van der Waals surface area (Å²) in [5.74, 6) is -3.75. The summed E-state index contributed by atoms with van der Waals surface area (Å²) in [6.45, 7) is 3.69. The van der Waals surface area contributed by atoms with Crippen LogP contribution < -0.4 is 5.73 Å². The predicted molar refractivity (Wildman–Crippen MR) is 133 cm³/mol. The minimum atomic E-state index is -1.76. The molecular formula is C28H31NO10. The highest BCUT2D eigenvalue weighted by Crippen LogP contribution is 2.54. The van der Waals surface area contributed by atoms with E-state index in [4.69, 9.17) is 24.7 Å². The second-order valence-electron chi connectivity index (χ2n) is 10.9. The fourth-order valence-corrected chi connectivity index (χ4v) is 6.28. The van der Waals surface area contributed by atoms with Crippen molar-refractivity contribution < 1.29 is 49.0 Å². The number of phenols is 2. The molecule has 0 radical (unpaired) electrons. The number of rotatable bonds is 3. The number of carbonyl (C=O) groups excluding carboxylic acids is 2. The summed E-state index contributed by atoms with van der Waals surface area (Å²) >= 11 is 0. The van der Waals surface area contributed by atoms with Gasteiger partial charge in [-0.3, -0.25) is 9.59 Å². The maximum Gasteiger partial charge on any atom is 0.198 e. The van der Waals surface area contributed by atoms with Gasteiger partial charge in [-0.05, 0) is 13.8 Å². The maximum atomic E-state index is 13.5. The van der Waals surface area contributed by atoms with Crippen LogP contribution in [-0.2, 0) is 25.4 Å². The van der Waals surface area contributed by atoms with Crippen molar-refractivity contribution in [2.24, 2.45) is 5.73 Å². The summed E-state index contributed by atoms with van der Waals surface area (Å²) in [5, 5.41) is 45.2. The Labute approximate surface area is 224 Å². The van der Waals surface area contributed by atoms with Crippen molar-refractivity contribution >= 4 is 11.6 Å². The van der Waals surface area contributed by atoms with Gasteiger partial charge in [-0.15, -0.1) is 0 Å². The highest BCUT2D eigenvalue weighted by molar-refractivity contribution is 6.30. The Hall–Kier alpha value is -2.90. The summed E-state index contributed by atoms with van der Waals surface area (Å²) in [5.41, 5.74) is 3.99. The Kier molecular flexibility index (Phi) is 6.12. The molecule has 0 saturated carbocycles. The Morgan fingerprint density at radius 3 is 2.21 bits per heavy atom. The van der Waals surface area contributed by atoms with Crippen LogP contribution in [0.2, 0.25) is 0 Å². The summed E-state index contributed by atoms with van der Waals surface area (Å²) in [7, 11) is 0. The van der Waals surface area contributed by atoms with Gasteiger partial charge in [0.25, 0.3) is 0 Å². The second-order valence-corrected chi connectivity index (χ2v) is 10.9. The molecule has 0 bridgehead atoms. The summed E-state index contributed by atoms with van der Waals surface area (Å²) in [6, 6.07) is 5.53. The topological polar surface area (TPSA) is 178 Å². The van der Waals surface area contributed by atoms with Crippen LogP contribution >= 0.6 is 0 Å². The Morgan fingerprint density at radius 2 is 1.62 bits per heavy atom. The first-order chi connectivity index (χ1) is 18.5. The molecule has 2 heterocycles. The lowest BCUT2D eigenvalue weighted by Crippen LogP contribution is -2.58. The number of phenolic OH excluding ortho intramolecular Hbond substituents is 2. The van der Waals surface area contributed by atoms with E-state index in [1.54, 1.807) is 26.0 Å². The van der Waals surface area contributed by atoms with Crippen molar-refractivity contribution in [1.82, 2.24) is 0 Å². The summed E-state index contributed by atoms with van der Waals surface area (Å²) < 4.78 is 23.6. The Balaban J connectivity index is 1.51. The lowest BCUT2D eigenvalue weighted by Gasteiger charge is -2.47. The zero-order valence-corrected chi connectivity index (χ0v) is 21.5. The molecule has 0 unspecified atom stereocenters. The molecule has 0 spiro atoms. The summed E-state index contributed by atoms with van der Waals surface area (Å²) in [6.07, 6.45) is -3.93. The lowest BCUT2D eigenvalue weighted by atomic mass is 9.70. The van der Waals surface area contributed by atoms with E-state index in [0.29, 0.717) is 0 Å². The molecule has 0 aromatic heterocycles. The first kappa shape index (κ1) is 26.3. The third-order valence-corrected chi connectivity index (χ3v) is 8.52. The van der Waals surface area contributed by atoms with Crippen LogP contribution in [0.5, 0.6) is 11.5 Å². The minimum absolute atomic E-state index is 0.0408. The number of aromatic hydroxyl groups is 2. The molecule has 6 rings (SSSR count). The molecule has 4 aliphatic rings. The first-order valence-corrected chi connectivity index (χ1v) is 13.0. The highest BCUT2D eigenvalue weighted by Gasteiger charge is 2.57. The van der Waals surface area contributed by atoms with Gasteiger partial charge in [-0.25, -0.2) is 0 Å². The normalized spacial score (nSPS) is 33.4. The number of ether oxygens (including phenoxy) is 4. The van der Waals surface area contributed by atoms with Gasteiger partial charge in [0.1, 0.15) is 17.1 Å². The van der Waals surface area contributed by atoms with Gasteiger partial charge in [0, 0.05) is 47.6 Å². The highest BCUT2D eigenvalue weighted by atomic mass is 16.7. The molecule has 11 nitrogen and oxygen atoms in total. The molecule has 6 atom stereocenters. The monoisotopic (exact) mass is 541 g/mol. The second kappa shape index (κ2) is 9.07. The molecule has 2 aliphatic heterocycles. The van der Waals surface area contributed by atoms with E-state index in [1.807, 2.05) is 0 Å². The molecule has 11 heteroatoms. The van der Waals surface area contributed by atoms with Crippen LogP contribution in [0.4, 0.5) is 0 Å². The zero-order chi connectivity index (χ0) is 27.9. The van der Waals surface area contributed by atoms with Gasteiger partial charge in [0.15, 0.2) is 23.6 Å². The van der Waals surface area contributed by atoms with Gasteiger partial charge >= 0.3 is 0 Å². The van der Waals surface area contributed by atoms with Gasteiger partial charge in [-0.1, -0.05) is 24.3 Å². The van der Waals surface area contributed by atoms with Crippen LogP contribution in [0.3, 0.4) is 0 Å². The van der Waals surface area contributed by atoms with E-state index < -0.39 is 65.1 Å². The molecule has 2 saturated heterocycles. The van der Waals surface area contributed by atoms with Crippen molar-refractivity contribution in [1.29, 1.82) is 0 Å².